The molecule has 2 amide bonds. The van der Waals surface area contributed by atoms with Crippen LogP contribution < -0.4 is 10.5 Å². The van der Waals surface area contributed by atoms with E-state index in [1.165, 1.54) is 28.0 Å². The maximum atomic E-state index is 13.5. The lowest BCUT2D eigenvalue weighted by Crippen LogP contribution is -2.46. The first kappa shape index (κ1) is 17.8. The number of nitrogens with one attached hydrogen (secondary N) is 1. The van der Waals surface area contributed by atoms with Crippen LogP contribution in [0.15, 0.2) is 47.3 Å². The summed E-state index contributed by atoms with van der Waals surface area (Å²) in [5.74, 6) is -1.01. The average Bonchev–Trinajstić information content (AvgIpc) is 2.61. The van der Waals surface area contributed by atoms with E-state index in [-0.39, 0.29) is 42.8 Å². The number of anilines is 1. The number of aromatic nitrogens is 1. The van der Waals surface area contributed by atoms with E-state index in [9.17, 15) is 18.8 Å². The van der Waals surface area contributed by atoms with Gasteiger partial charge >= 0.3 is 0 Å². The minimum absolute atomic E-state index is 0.108. The highest BCUT2D eigenvalue weighted by Gasteiger charge is 2.32. The van der Waals surface area contributed by atoms with Gasteiger partial charge in [0.15, 0.2) is 0 Å². The average molecular weight is 357 g/mol. The summed E-state index contributed by atoms with van der Waals surface area (Å²) in [5.41, 5.74) is 0.883. The number of hydrogen-bond acceptors (Lipinski definition) is 3. The fraction of sp³-hybridized carbons (Fsp3) is 0.316. The minimum atomic E-state index is -0.422. The lowest BCUT2D eigenvalue weighted by molar-refractivity contribution is -0.136. The fourth-order valence-electron chi connectivity index (χ4n) is 3.17. The Morgan fingerprint density at radius 2 is 2.04 bits per heavy atom. The van der Waals surface area contributed by atoms with Gasteiger partial charge in [-0.05, 0) is 30.7 Å². The molecule has 1 fully saturated rings. The lowest BCUT2D eigenvalue weighted by Gasteiger charge is -2.33. The summed E-state index contributed by atoms with van der Waals surface area (Å²) >= 11 is 0. The first-order chi connectivity index (χ1) is 12.4. The molecule has 3 rings (SSSR count). The van der Waals surface area contributed by atoms with E-state index in [4.69, 9.17) is 0 Å². The monoisotopic (exact) mass is 357 g/mol. The summed E-state index contributed by atoms with van der Waals surface area (Å²) < 4.78 is 13.5. The van der Waals surface area contributed by atoms with Crippen LogP contribution in [0.25, 0.3) is 0 Å². The number of carbonyl (C=O) groups is 2. The highest BCUT2D eigenvalue weighted by Crippen LogP contribution is 2.26. The molecule has 1 aliphatic heterocycles. The maximum Gasteiger partial charge on any atom is 0.248 e. The molecule has 136 valence electrons. The Labute approximate surface area is 150 Å². The summed E-state index contributed by atoms with van der Waals surface area (Å²) in [4.78, 5) is 42.0. The topological polar surface area (TPSA) is 73.5 Å². The molecule has 1 aromatic carbocycles. The van der Waals surface area contributed by atoms with Crippen molar-refractivity contribution in [2.75, 3.05) is 18.5 Å². The fourth-order valence-corrected chi connectivity index (χ4v) is 3.17. The highest BCUT2D eigenvalue weighted by molar-refractivity contribution is 5.96. The summed E-state index contributed by atoms with van der Waals surface area (Å²) in [7, 11) is 1.66. The number of rotatable bonds is 4. The van der Waals surface area contributed by atoms with Crippen LogP contribution in [0.1, 0.15) is 18.5 Å². The normalized spacial score (nSPS) is 17.2. The zero-order chi connectivity index (χ0) is 18.7. The number of aromatic amines is 1. The Bertz CT molecular complexity index is 880. The third-order valence-corrected chi connectivity index (χ3v) is 4.49. The molecule has 2 aromatic rings. The van der Waals surface area contributed by atoms with Gasteiger partial charge in [0.2, 0.25) is 17.4 Å². The molecule has 1 N–H and O–H groups in total. The third-order valence-electron chi connectivity index (χ3n) is 4.49. The second-order valence-electron chi connectivity index (χ2n) is 6.45. The number of nitrogens with zero attached hydrogens (tertiary/aromatic N) is 2. The number of piperidine rings is 1. The molecule has 0 spiro atoms. The second-order valence-corrected chi connectivity index (χ2v) is 6.45. The van der Waals surface area contributed by atoms with Gasteiger partial charge in [0.1, 0.15) is 5.82 Å². The smallest absolute Gasteiger partial charge is 0.248 e. The molecule has 1 aromatic heterocycles. The molecule has 0 aliphatic carbocycles. The summed E-state index contributed by atoms with van der Waals surface area (Å²) in [6.45, 7) is 0.496. The van der Waals surface area contributed by atoms with Crippen molar-refractivity contribution in [1.82, 2.24) is 9.88 Å². The van der Waals surface area contributed by atoms with Crippen LogP contribution >= 0.6 is 0 Å². The van der Waals surface area contributed by atoms with Crippen LogP contribution in [0.3, 0.4) is 0 Å². The number of pyridine rings is 1. The van der Waals surface area contributed by atoms with Crippen molar-refractivity contribution in [3.8, 4) is 0 Å². The van der Waals surface area contributed by atoms with Crippen LogP contribution in [-0.2, 0) is 16.1 Å². The first-order valence-corrected chi connectivity index (χ1v) is 8.43. The number of amides is 2. The lowest BCUT2D eigenvalue weighted by atomic mass is 9.95. The number of hydrogen-bond donors (Lipinski definition) is 1. The van der Waals surface area contributed by atoms with Crippen LogP contribution in [0, 0.1) is 11.7 Å². The van der Waals surface area contributed by atoms with Gasteiger partial charge in [-0.1, -0.05) is 12.1 Å². The van der Waals surface area contributed by atoms with Crippen LogP contribution in [-0.4, -0.2) is 35.3 Å². The molecule has 0 saturated carbocycles. The van der Waals surface area contributed by atoms with E-state index in [1.54, 1.807) is 31.3 Å². The van der Waals surface area contributed by atoms with Crippen molar-refractivity contribution < 1.29 is 14.0 Å². The third kappa shape index (κ3) is 3.99. The van der Waals surface area contributed by atoms with E-state index >= 15 is 0 Å². The Kier molecular flexibility index (Phi) is 5.16. The number of H-pyrrole nitrogens is 1. The van der Waals surface area contributed by atoms with Gasteiger partial charge in [-0.3, -0.25) is 14.4 Å². The predicted octanol–water partition coefficient (Wildman–Crippen LogP) is 1.92. The van der Waals surface area contributed by atoms with Crippen LogP contribution in [0.4, 0.5) is 10.1 Å². The van der Waals surface area contributed by atoms with Crippen molar-refractivity contribution in [3.63, 3.8) is 0 Å². The van der Waals surface area contributed by atoms with Gasteiger partial charge in [-0.25, -0.2) is 4.39 Å². The van der Waals surface area contributed by atoms with Crippen molar-refractivity contribution in [2.45, 2.75) is 19.4 Å². The van der Waals surface area contributed by atoms with E-state index < -0.39 is 5.82 Å². The molecule has 2 heterocycles. The highest BCUT2D eigenvalue weighted by atomic mass is 19.1. The number of halogens is 1. The molecule has 0 bridgehead atoms. The Morgan fingerprint density at radius 3 is 2.77 bits per heavy atom. The standard InChI is InChI=1S/C19H20FN3O3/c1-22(12-15-5-3-7-17(24)21-15)19(26)13-8-9-18(25)23(11-13)16-6-2-4-14(20)10-16/h2-7,10,13H,8-9,11-12H2,1H3,(H,21,24). The first-order valence-electron chi connectivity index (χ1n) is 8.43. The minimum Gasteiger partial charge on any atom is -0.340 e. The Hall–Kier alpha value is -2.96. The van der Waals surface area contributed by atoms with E-state index in [1.807, 2.05) is 0 Å². The maximum absolute atomic E-state index is 13.5. The molecular formula is C19H20FN3O3. The SMILES string of the molecule is CN(Cc1cccc(=O)[nH]1)C(=O)C1CCC(=O)N(c2cccc(F)c2)C1. The van der Waals surface area contributed by atoms with Crippen LogP contribution in [0.5, 0.6) is 0 Å². The van der Waals surface area contributed by atoms with E-state index in [0.29, 0.717) is 17.8 Å². The zero-order valence-corrected chi connectivity index (χ0v) is 14.4. The van der Waals surface area contributed by atoms with Crippen molar-refractivity contribution in [2.24, 2.45) is 5.92 Å². The molecule has 26 heavy (non-hydrogen) atoms. The molecule has 0 radical (unpaired) electrons. The van der Waals surface area contributed by atoms with Crippen molar-refractivity contribution >= 4 is 17.5 Å². The number of carbonyl (C=O) groups excluding carboxylic acids is 2. The summed E-state index contributed by atoms with van der Waals surface area (Å²) in [6, 6.07) is 10.6. The summed E-state index contributed by atoms with van der Waals surface area (Å²) in [6.07, 6.45) is 0.696. The van der Waals surface area contributed by atoms with E-state index in [0.717, 1.165) is 0 Å². The molecule has 1 saturated heterocycles. The molecule has 7 heteroatoms. The van der Waals surface area contributed by atoms with Crippen molar-refractivity contribution in [3.05, 3.63) is 64.3 Å². The molecular weight excluding hydrogens is 337 g/mol. The van der Waals surface area contributed by atoms with Gasteiger partial charge in [0.25, 0.3) is 0 Å². The number of benzene rings is 1. The van der Waals surface area contributed by atoms with Crippen molar-refractivity contribution in [1.29, 1.82) is 0 Å². The second kappa shape index (κ2) is 7.51. The summed E-state index contributed by atoms with van der Waals surface area (Å²) in [5, 5.41) is 0. The Balaban J connectivity index is 1.71. The zero-order valence-electron chi connectivity index (χ0n) is 14.4. The molecule has 1 aliphatic rings. The Morgan fingerprint density at radius 1 is 1.27 bits per heavy atom. The van der Waals surface area contributed by atoms with Crippen LogP contribution in [0.2, 0.25) is 0 Å². The molecule has 1 unspecified atom stereocenters. The molecule has 6 nitrogen and oxygen atoms in total. The van der Waals surface area contributed by atoms with Gasteiger partial charge < -0.3 is 14.8 Å². The predicted molar refractivity (Wildman–Crippen MR) is 95.0 cm³/mol. The van der Waals surface area contributed by atoms with Gasteiger partial charge in [-0.2, -0.15) is 0 Å². The van der Waals surface area contributed by atoms with E-state index in [2.05, 4.69) is 4.98 Å². The van der Waals surface area contributed by atoms with Gasteiger partial charge in [-0.15, -0.1) is 0 Å². The largest absolute Gasteiger partial charge is 0.340 e. The molecule has 1 atom stereocenters. The van der Waals surface area contributed by atoms with Gasteiger partial charge in [0, 0.05) is 37.5 Å². The van der Waals surface area contributed by atoms with Gasteiger partial charge in [0.05, 0.1) is 12.5 Å². The quantitative estimate of drug-likeness (QED) is 0.908.